The molecule has 8 rings (SSSR count). The second-order valence-electron chi connectivity index (χ2n) is 9.87. The number of fused-ring (bicyclic) bond motifs is 6. The number of benzene rings is 6. The quantitative estimate of drug-likeness (QED) is 0.261. The van der Waals surface area contributed by atoms with Crippen LogP contribution in [-0.4, -0.2) is 0 Å². The molecule has 0 aliphatic rings. The van der Waals surface area contributed by atoms with Crippen LogP contribution in [0.3, 0.4) is 0 Å². The van der Waals surface area contributed by atoms with Gasteiger partial charge in [0.2, 0.25) is 0 Å². The minimum atomic E-state index is 0.915. The Morgan fingerprint density at radius 2 is 0.949 bits per heavy atom. The van der Waals surface area contributed by atoms with Crippen LogP contribution < -0.4 is 5.32 Å². The molecule has 2 aromatic heterocycles. The molecule has 6 aromatic carbocycles. The molecule has 0 unspecified atom stereocenters. The Balaban J connectivity index is 1.05. The molecule has 0 radical (unpaired) electrons. The van der Waals surface area contributed by atoms with Gasteiger partial charge in [0.15, 0.2) is 0 Å². The highest BCUT2D eigenvalue weighted by Gasteiger charge is 2.12. The largest absolute Gasteiger partial charge is 0.456 e. The Bertz CT molecular complexity index is 2130. The summed E-state index contributed by atoms with van der Waals surface area (Å²) in [6.45, 7) is 0. The predicted molar refractivity (Wildman–Crippen MR) is 162 cm³/mol. The highest BCUT2D eigenvalue weighted by molar-refractivity contribution is 6.09. The van der Waals surface area contributed by atoms with Crippen molar-refractivity contribution < 1.29 is 8.83 Å². The smallest absolute Gasteiger partial charge is 0.143 e. The number of hydrogen-bond donors (Lipinski definition) is 1. The maximum Gasteiger partial charge on any atom is 0.143 e. The van der Waals surface area contributed by atoms with E-state index in [1.165, 1.54) is 11.1 Å². The zero-order valence-electron chi connectivity index (χ0n) is 21.0. The van der Waals surface area contributed by atoms with Gasteiger partial charge in [0.25, 0.3) is 0 Å². The van der Waals surface area contributed by atoms with E-state index in [0.29, 0.717) is 0 Å². The van der Waals surface area contributed by atoms with Crippen LogP contribution in [0.5, 0.6) is 0 Å². The van der Waals surface area contributed by atoms with E-state index in [1.54, 1.807) is 0 Å². The lowest BCUT2D eigenvalue weighted by Gasteiger charge is -2.09. The van der Waals surface area contributed by atoms with Gasteiger partial charge in [0, 0.05) is 38.5 Å². The van der Waals surface area contributed by atoms with Gasteiger partial charge in [-0.25, -0.2) is 0 Å². The van der Waals surface area contributed by atoms with Gasteiger partial charge < -0.3 is 14.2 Å². The topological polar surface area (TPSA) is 38.3 Å². The lowest BCUT2D eigenvalue weighted by atomic mass is 10.0. The van der Waals surface area contributed by atoms with Crippen LogP contribution >= 0.6 is 0 Å². The average molecular weight is 502 g/mol. The first-order valence-electron chi connectivity index (χ1n) is 13.1. The third-order valence-electron chi connectivity index (χ3n) is 7.48. The van der Waals surface area contributed by atoms with E-state index in [1.807, 2.05) is 24.3 Å². The standard InChI is InChI=1S/C36H23NO2/c1-4-11-34-29(6-1)31-9-5-8-28(36(31)39-34)24-14-19-27(20-15-24)37-26-17-12-23(13-18-26)25-16-21-35-32(22-25)30-7-2-3-10-33(30)38-35/h1-22,37H. The molecule has 3 nitrogen and oxygen atoms in total. The first-order chi connectivity index (χ1) is 19.3. The lowest BCUT2D eigenvalue weighted by molar-refractivity contribution is 0.669. The summed E-state index contributed by atoms with van der Waals surface area (Å²) in [6, 6.07) is 46.2. The molecule has 0 amide bonds. The van der Waals surface area contributed by atoms with Crippen molar-refractivity contribution in [3.05, 3.63) is 133 Å². The summed E-state index contributed by atoms with van der Waals surface area (Å²) in [5.74, 6) is 0. The Morgan fingerprint density at radius 1 is 0.385 bits per heavy atom. The first kappa shape index (κ1) is 21.8. The fourth-order valence-electron chi connectivity index (χ4n) is 5.53. The molecule has 8 aromatic rings. The van der Waals surface area contributed by atoms with Crippen molar-refractivity contribution in [1.82, 2.24) is 0 Å². The number of nitrogens with one attached hydrogen (secondary N) is 1. The summed E-state index contributed by atoms with van der Waals surface area (Å²) in [5, 5.41) is 8.11. The van der Waals surface area contributed by atoms with E-state index in [2.05, 4.69) is 115 Å². The third kappa shape index (κ3) is 3.67. The average Bonchev–Trinajstić information content (AvgIpc) is 3.56. The van der Waals surface area contributed by atoms with E-state index in [0.717, 1.165) is 66.4 Å². The van der Waals surface area contributed by atoms with Crippen molar-refractivity contribution in [2.75, 3.05) is 5.32 Å². The molecule has 3 heteroatoms. The molecule has 184 valence electrons. The van der Waals surface area contributed by atoms with Crippen LogP contribution in [0.2, 0.25) is 0 Å². The van der Waals surface area contributed by atoms with Crippen molar-refractivity contribution >= 4 is 55.3 Å². The zero-order valence-corrected chi connectivity index (χ0v) is 21.0. The highest BCUT2D eigenvalue weighted by atomic mass is 16.3. The summed E-state index contributed by atoms with van der Waals surface area (Å²) in [7, 11) is 0. The molecule has 0 atom stereocenters. The Labute approximate surface area is 224 Å². The molecule has 0 fully saturated rings. The van der Waals surface area contributed by atoms with Gasteiger partial charge in [-0.15, -0.1) is 0 Å². The van der Waals surface area contributed by atoms with Crippen molar-refractivity contribution in [2.24, 2.45) is 0 Å². The number of anilines is 2. The van der Waals surface area contributed by atoms with Crippen molar-refractivity contribution in [2.45, 2.75) is 0 Å². The van der Waals surface area contributed by atoms with E-state index in [4.69, 9.17) is 8.83 Å². The molecular formula is C36H23NO2. The minimum Gasteiger partial charge on any atom is -0.456 e. The van der Waals surface area contributed by atoms with E-state index in [9.17, 15) is 0 Å². The normalized spacial score (nSPS) is 11.6. The van der Waals surface area contributed by atoms with Crippen LogP contribution in [0, 0.1) is 0 Å². The van der Waals surface area contributed by atoms with Gasteiger partial charge in [-0.3, -0.25) is 0 Å². The molecule has 2 heterocycles. The van der Waals surface area contributed by atoms with Crippen LogP contribution in [0.4, 0.5) is 11.4 Å². The number of rotatable bonds is 4. The van der Waals surface area contributed by atoms with Gasteiger partial charge in [-0.1, -0.05) is 84.9 Å². The Morgan fingerprint density at radius 3 is 1.69 bits per heavy atom. The minimum absolute atomic E-state index is 0.915. The van der Waals surface area contributed by atoms with Crippen molar-refractivity contribution in [1.29, 1.82) is 0 Å². The van der Waals surface area contributed by atoms with Gasteiger partial charge in [-0.2, -0.15) is 0 Å². The molecular weight excluding hydrogens is 478 g/mol. The summed E-state index contributed by atoms with van der Waals surface area (Å²) >= 11 is 0. The molecule has 1 N–H and O–H groups in total. The Hall–Kier alpha value is -5.28. The SMILES string of the molecule is c1ccc2c(c1)oc1ccc(-c3ccc(Nc4ccc(-c5cccc6c5oc5ccccc56)cc4)cc3)cc12. The maximum atomic E-state index is 6.23. The fraction of sp³-hybridized carbons (Fsp3) is 0. The lowest BCUT2D eigenvalue weighted by Crippen LogP contribution is -1.90. The third-order valence-corrected chi connectivity index (χ3v) is 7.48. The number of para-hydroxylation sites is 3. The number of furan rings is 2. The van der Waals surface area contributed by atoms with Crippen molar-refractivity contribution in [3.8, 4) is 22.3 Å². The monoisotopic (exact) mass is 501 g/mol. The highest BCUT2D eigenvalue weighted by Crippen LogP contribution is 2.36. The summed E-state index contributed by atoms with van der Waals surface area (Å²) in [6.07, 6.45) is 0. The van der Waals surface area contributed by atoms with E-state index >= 15 is 0 Å². The molecule has 0 saturated carbocycles. The van der Waals surface area contributed by atoms with Crippen LogP contribution in [-0.2, 0) is 0 Å². The molecule has 0 spiro atoms. The number of hydrogen-bond acceptors (Lipinski definition) is 3. The predicted octanol–water partition coefficient (Wildman–Crippen LogP) is 10.6. The van der Waals surface area contributed by atoms with Gasteiger partial charge in [0.1, 0.15) is 22.3 Å². The second kappa shape index (κ2) is 8.64. The Kier molecular flexibility index (Phi) is 4.82. The zero-order chi connectivity index (χ0) is 25.8. The fourth-order valence-corrected chi connectivity index (χ4v) is 5.53. The molecule has 39 heavy (non-hydrogen) atoms. The van der Waals surface area contributed by atoms with Crippen LogP contribution in [0.15, 0.2) is 142 Å². The summed E-state index contributed by atoms with van der Waals surface area (Å²) in [4.78, 5) is 0. The van der Waals surface area contributed by atoms with Gasteiger partial charge >= 0.3 is 0 Å². The van der Waals surface area contributed by atoms with Crippen LogP contribution in [0.25, 0.3) is 66.1 Å². The first-order valence-corrected chi connectivity index (χ1v) is 13.1. The molecule has 0 bridgehead atoms. The summed E-state index contributed by atoms with van der Waals surface area (Å²) < 4.78 is 12.2. The van der Waals surface area contributed by atoms with Gasteiger partial charge in [0.05, 0.1) is 0 Å². The second-order valence-corrected chi connectivity index (χ2v) is 9.87. The van der Waals surface area contributed by atoms with Crippen molar-refractivity contribution in [3.63, 3.8) is 0 Å². The summed E-state index contributed by atoms with van der Waals surface area (Å²) in [5.41, 5.74) is 10.3. The van der Waals surface area contributed by atoms with Crippen LogP contribution in [0.1, 0.15) is 0 Å². The van der Waals surface area contributed by atoms with Gasteiger partial charge in [-0.05, 0) is 65.2 Å². The molecule has 0 saturated heterocycles. The molecule has 0 aliphatic carbocycles. The maximum absolute atomic E-state index is 6.23. The molecule has 0 aliphatic heterocycles. The van der Waals surface area contributed by atoms with E-state index in [-0.39, 0.29) is 0 Å². The van der Waals surface area contributed by atoms with E-state index < -0.39 is 0 Å².